The Bertz CT molecular complexity index is 1110. The number of rotatable bonds is 8. The number of halogens is 1. The minimum absolute atomic E-state index is 0.00250. The molecule has 6 heteroatoms. The molecule has 0 aliphatic carbocycles. The smallest absolute Gasteiger partial charge is 0.243 e. The fraction of sp³-hybridized carbons (Fsp3) is 0.357. The van der Waals surface area contributed by atoms with Gasteiger partial charge in [0, 0.05) is 28.9 Å². The lowest BCUT2D eigenvalue weighted by molar-refractivity contribution is -0.143. The Morgan fingerprint density at radius 1 is 1.12 bits per heavy atom. The van der Waals surface area contributed by atoms with E-state index >= 15 is 0 Å². The van der Waals surface area contributed by atoms with Crippen LogP contribution >= 0.6 is 22.9 Å². The van der Waals surface area contributed by atoms with Gasteiger partial charge in [0.05, 0.1) is 6.04 Å². The fourth-order valence-corrected chi connectivity index (χ4v) is 5.61. The number of hydrogen-bond donors (Lipinski definition) is 0. The first-order valence-electron chi connectivity index (χ1n) is 11.9. The van der Waals surface area contributed by atoms with Crippen LogP contribution < -0.4 is 0 Å². The van der Waals surface area contributed by atoms with E-state index in [1.807, 2.05) is 66.4 Å². The number of nitrogens with zero attached hydrogens (tertiary/aromatic N) is 2. The summed E-state index contributed by atoms with van der Waals surface area (Å²) in [5.74, 6) is 0.0213. The predicted molar refractivity (Wildman–Crippen MR) is 139 cm³/mol. The van der Waals surface area contributed by atoms with Crippen LogP contribution in [-0.2, 0) is 22.4 Å². The van der Waals surface area contributed by atoms with Crippen LogP contribution in [-0.4, -0.2) is 40.7 Å². The molecule has 2 amide bonds. The Balaban J connectivity index is 1.53. The van der Waals surface area contributed by atoms with Crippen molar-refractivity contribution in [3.63, 3.8) is 0 Å². The molecule has 0 bridgehead atoms. The van der Waals surface area contributed by atoms with Gasteiger partial charge in [0.1, 0.15) is 6.54 Å². The van der Waals surface area contributed by atoms with Crippen molar-refractivity contribution < 1.29 is 9.59 Å². The highest BCUT2D eigenvalue weighted by molar-refractivity contribution is 7.10. The molecule has 4 rings (SSSR count). The molecule has 0 N–H and O–H groups in total. The maximum Gasteiger partial charge on any atom is 0.243 e. The fourth-order valence-electron chi connectivity index (χ4n) is 4.58. The molecule has 2 unspecified atom stereocenters. The van der Waals surface area contributed by atoms with Crippen LogP contribution in [0, 0.1) is 0 Å². The third kappa shape index (κ3) is 5.53. The number of benzene rings is 2. The molecule has 0 radical (unpaired) electrons. The van der Waals surface area contributed by atoms with Crippen molar-refractivity contribution in [3.05, 3.63) is 92.6 Å². The van der Waals surface area contributed by atoms with Crippen LogP contribution in [0.3, 0.4) is 0 Å². The zero-order chi connectivity index (χ0) is 24.1. The highest BCUT2D eigenvalue weighted by atomic mass is 35.5. The molecule has 34 heavy (non-hydrogen) atoms. The maximum absolute atomic E-state index is 13.7. The minimum atomic E-state index is -0.155. The molecular weight excluding hydrogens is 464 g/mol. The van der Waals surface area contributed by atoms with Crippen molar-refractivity contribution in [2.24, 2.45) is 0 Å². The van der Waals surface area contributed by atoms with Gasteiger partial charge in [-0.1, -0.05) is 61.0 Å². The van der Waals surface area contributed by atoms with E-state index in [1.54, 1.807) is 16.2 Å². The van der Waals surface area contributed by atoms with Crippen molar-refractivity contribution in [1.29, 1.82) is 0 Å². The van der Waals surface area contributed by atoms with E-state index < -0.39 is 0 Å². The molecule has 1 aliphatic rings. The summed E-state index contributed by atoms with van der Waals surface area (Å²) >= 11 is 7.88. The molecule has 0 saturated carbocycles. The first-order valence-corrected chi connectivity index (χ1v) is 13.2. The van der Waals surface area contributed by atoms with Gasteiger partial charge in [-0.3, -0.25) is 9.59 Å². The van der Waals surface area contributed by atoms with Gasteiger partial charge in [0.15, 0.2) is 0 Å². The van der Waals surface area contributed by atoms with Crippen LogP contribution in [0.1, 0.15) is 54.3 Å². The van der Waals surface area contributed by atoms with E-state index in [9.17, 15) is 9.59 Å². The number of carbonyl (C=O) groups excluding carboxylic acids is 2. The Labute approximate surface area is 211 Å². The summed E-state index contributed by atoms with van der Waals surface area (Å²) < 4.78 is 0. The SMILES string of the molecule is CCC(C)N(CC(=O)N1CCc2sccc2C1c1ccc(Cl)cc1)C(=O)CCc1ccccc1. The zero-order valence-electron chi connectivity index (χ0n) is 19.7. The monoisotopic (exact) mass is 494 g/mol. The molecule has 2 aromatic carbocycles. The summed E-state index contributed by atoms with van der Waals surface area (Å²) in [6.45, 7) is 4.83. The van der Waals surface area contributed by atoms with E-state index in [1.165, 1.54) is 10.4 Å². The predicted octanol–water partition coefficient (Wildman–Crippen LogP) is 6.14. The van der Waals surface area contributed by atoms with E-state index in [2.05, 4.69) is 18.4 Å². The van der Waals surface area contributed by atoms with Gasteiger partial charge in [-0.25, -0.2) is 0 Å². The molecule has 2 atom stereocenters. The molecule has 1 aliphatic heterocycles. The topological polar surface area (TPSA) is 40.6 Å². The van der Waals surface area contributed by atoms with Gasteiger partial charge < -0.3 is 9.80 Å². The number of aryl methyl sites for hydroxylation is 1. The molecule has 1 aromatic heterocycles. The summed E-state index contributed by atoms with van der Waals surface area (Å²) in [4.78, 5) is 32.0. The summed E-state index contributed by atoms with van der Waals surface area (Å²) in [7, 11) is 0. The largest absolute Gasteiger partial charge is 0.331 e. The average Bonchev–Trinajstić information content (AvgIpc) is 3.35. The van der Waals surface area contributed by atoms with Gasteiger partial charge in [-0.05, 0) is 66.5 Å². The molecule has 2 heterocycles. The van der Waals surface area contributed by atoms with Crippen molar-refractivity contribution in [1.82, 2.24) is 9.80 Å². The van der Waals surface area contributed by atoms with Crippen LogP contribution in [0.25, 0.3) is 0 Å². The van der Waals surface area contributed by atoms with Gasteiger partial charge >= 0.3 is 0 Å². The molecule has 0 spiro atoms. The van der Waals surface area contributed by atoms with Crippen LogP contribution in [0.2, 0.25) is 5.02 Å². The Morgan fingerprint density at radius 3 is 2.56 bits per heavy atom. The lowest BCUT2D eigenvalue weighted by Crippen LogP contribution is -2.49. The summed E-state index contributed by atoms with van der Waals surface area (Å²) in [5, 5.41) is 2.77. The first-order chi connectivity index (χ1) is 16.5. The average molecular weight is 495 g/mol. The molecular formula is C28H31ClN2O2S. The van der Waals surface area contributed by atoms with Gasteiger partial charge in [0.2, 0.25) is 11.8 Å². The lowest BCUT2D eigenvalue weighted by atomic mass is 9.93. The standard InChI is InChI=1S/C28H31ClN2O2S/c1-3-20(2)31(26(32)14-9-21-7-5-4-6-8-21)19-27(33)30-17-15-25-24(16-18-34-25)28(30)22-10-12-23(29)13-11-22/h4-8,10-13,16,18,20,28H,3,9,14-15,17,19H2,1-2H3. The molecule has 0 saturated heterocycles. The van der Waals surface area contributed by atoms with E-state index in [-0.39, 0.29) is 30.4 Å². The summed E-state index contributed by atoms with van der Waals surface area (Å²) in [5.41, 5.74) is 3.36. The third-order valence-electron chi connectivity index (χ3n) is 6.69. The van der Waals surface area contributed by atoms with E-state index in [0.29, 0.717) is 24.4 Å². The second-order valence-corrected chi connectivity index (χ2v) is 10.3. The van der Waals surface area contributed by atoms with Crippen LogP contribution in [0.5, 0.6) is 0 Å². The summed E-state index contributed by atoms with van der Waals surface area (Å²) in [6.07, 6.45) is 2.72. The number of thiophene rings is 1. The second-order valence-electron chi connectivity index (χ2n) is 8.85. The highest BCUT2D eigenvalue weighted by Gasteiger charge is 2.34. The lowest BCUT2D eigenvalue weighted by Gasteiger charge is -2.38. The van der Waals surface area contributed by atoms with Crippen molar-refractivity contribution >= 4 is 34.8 Å². The number of fused-ring (bicyclic) bond motifs is 1. The Hall–Kier alpha value is -2.63. The van der Waals surface area contributed by atoms with Crippen molar-refractivity contribution in [2.75, 3.05) is 13.1 Å². The third-order valence-corrected chi connectivity index (χ3v) is 7.94. The van der Waals surface area contributed by atoms with E-state index in [0.717, 1.165) is 24.0 Å². The van der Waals surface area contributed by atoms with Crippen molar-refractivity contribution in [3.8, 4) is 0 Å². The van der Waals surface area contributed by atoms with Crippen LogP contribution in [0.15, 0.2) is 66.0 Å². The molecule has 4 nitrogen and oxygen atoms in total. The number of amides is 2. The van der Waals surface area contributed by atoms with E-state index in [4.69, 9.17) is 11.6 Å². The second kappa shape index (κ2) is 11.2. The number of hydrogen-bond acceptors (Lipinski definition) is 3. The quantitative estimate of drug-likeness (QED) is 0.377. The normalized spacial score (nSPS) is 16.1. The highest BCUT2D eigenvalue weighted by Crippen LogP contribution is 2.38. The maximum atomic E-state index is 13.7. The Kier molecular flexibility index (Phi) is 8.07. The molecule has 0 fully saturated rings. The van der Waals surface area contributed by atoms with Crippen LogP contribution in [0.4, 0.5) is 0 Å². The summed E-state index contributed by atoms with van der Waals surface area (Å²) in [6, 6.07) is 19.7. The minimum Gasteiger partial charge on any atom is -0.331 e. The molecule has 3 aromatic rings. The van der Waals surface area contributed by atoms with Gasteiger partial charge in [0.25, 0.3) is 0 Å². The molecule has 178 valence electrons. The van der Waals surface area contributed by atoms with Crippen molar-refractivity contribution in [2.45, 2.75) is 51.6 Å². The first kappa shape index (κ1) is 24.5. The van der Waals surface area contributed by atoms with Gasteiger partial charge in [-0.2, -0.15) is 0 Å². The zero-order valence-corrected chi connectivity index (χ0v) is 21.3. The Morgan fingerprint density at radius 2 is 1.85 bits per heavy atom. The van der Waals surface area contributed by atoms with Gasteiger partial charge in [-0.15, -0.1) is 11.3 Å². The number of carbonyl (C=O) groups is 2.